The van der Waals surface area contributed by atoms with Crippen molar-refractivity contribution in [1.82, 2.24) is 9.97 Å². The van der Waals surface area contributed by atoms with Gasteiger partial charge in [-0.2, -0.15) is 0 Å². The van der Waals surface area contributed by atoms with Crippen molar-refractivity contribution in [2.45, 2.75) is 0 Å². The Morgan fingerprint density at radius 1 is 1.18 bits per heavy atom. The largest absolute Gasteiger partial charge is 0.227 e. The molecule has 84 valence electrons. The van der Waals surface area contributed by atoms with E-state index in [9.17, 15) is 4.39 Å². The van der Waals surface area contributed by atoms with Crippen molar-refractivity contribution in [1.29, 1.82) is 0 Å². The molecule has 0 bridgehead atoms. The predicted octanol–water partition coefficient (Wildman–Crippen LogP) is 4.15. The summed E-state index contributed by atoms with van der Waals surface area (Å²) in [6.45, 7) is 0. The molecule has 17 heavy (non-hydrogen) atoms. The van der Waals surface area contributed by atoms with Gasteiger partial charge in [-0.3, -0.25) is 0 Å². The Morgan fingerprint density at radius 3 is 2.82 bits per heavy atom. The standard InChI is InChI=1S/C12H6ClFN2S/c13-11-8-6-7(14)3-4-9(8)15-12(16-11)10-2-1-5-17-10/h1-6H. The molecule has 0 unspecified atom stereocenters. The molecule has 3 aromatic rings. The minimum Gasteiger partial charge on any atom is -0.227 e. The molecule has 0 atom stereocenters. The van der Waals surface area contributed by atoms with Gasteiger partial charge < -0.3 is 0 Å². The van der Waals surface area contributed by atoms with Gasteiger partial charge in [0, 0.05) is 5.39 Å². The monoisotopic (exact) mass is 264 g/mol. The summed E-state index contributed by atoms with van der Waals surface area (Å²) in [7, 11) is 0. The molecule has 2 nitrogen and oxygen atoms in total. The van der Waals surface area contributed by atoms with Crippen LogP contribution in [0.4, 0.5) is 4.39 Å². The fourth-order valence-electron chi connectivity index (χ4n) is 1.58. The van der Waals surface area contributed by atoms with Crippen LogP contribution in [-0.4, -0.2) is 9.97 Å². The van der Waals surface area contributed by atoms with Crippen LogP contribution < -0.4 is 0 Å². The number of nitrogens with zero attached hydrogens (tertiary/aromatic N) is 2. The molecule has 0 aliphatic rings. The molecule has 2 aromatic heterocycles. The van der Waals surface area contributed by atoms with Gasteiger partial charge in [-0.15, -0.1) is 11.3 Å². The Hall–Kier alpha value is -1.52. The molecule has 1 aromatic carbocycles. The van der Waals surface area contributed by atoms with Crippen molar-refractivity contribution in [3.63, 3.8) is 0 Å². The van der Waals surface area contributed by atoms with Crippen molar-refractivity contribution in [3.8, 4) is 10.7 Å². The van der Waals surface area contributed by atoms with Gasteiger partial charge in [-0.05, 0) is 29.6 Å². The first-order chi connectivity index (χ1) is 8.24. The van der Waals surface area contributed by atoms with E-state index >= 15 is 0 Å². The minimum absolute atomic E-state index is 0.276. The summed E-state index contributed by atoms with van der Waals surface area (Å²) in [6.07, 6.45) is 0. The van der Waals surface area contributed by atoms with Crippen molar-refractivity contribution in [2.24, 2.45) is 0 Å². The number of hydrogen-bond acceptors (Lipinski definition) is 3. The Labute approximate surface area is 106 Å². The fraction of sp³-hybridized carbons (Fsp3) is 0. The maximum atomic E-state index is 13.1. The van der Waals surface area contributed by atoms with E-state index in [1.807, 2.05) is 17.5 Å². The zero-order chi connectivity index (χ0) is 11.8. The molecule has 0 amide bonds. The number of halogens is 2. The molecule has 3 rings (SSSR count). The van der Waals surface area contributed by atoms with Crippen LogP contribution in [0.25, 0.3) is 21.6 Å². The number of aromatic nitrogens is 2. The third-order valence-corrected chi connectivity index (χ3v) is 3.51. The van der Waals surface area contributed by atoms with E-state index in [2.05, 4.69) is 9.97 Å². The first-order valence-corrected chi connectivity index (χ1v) is 6.16. The van der Waals surface area contributed by atoms with Gasteiger partial charge in [0.2, 0.25) is 0 Å². The molecule has 0 N–H and O–H groups in total. The van der Waals surface area contributed by atoms with Crippen molar-refractivity contribution < 1.29 is 4.39 Å². The van der Waals surface area contributed by atoms with Crippen LogP contribution >= 0.6 is 22.9 Å². The molecule has 0 radical (unpaired) electrons. The van der Waals surface area contributed by atoms with Crippen LogP contribution in [0.1, 0.15) is 0 Å². The highest BCUT2D eigenvalue weighted by atomic mass is 35.5. The topological polar surface area (TPSA) is 25.8 Å². The number of benzene rings is 1. The van der Waals surface area contributed by atoms with Crippen LogP contribution in [0.5, 0.6) is 0 Å². The van der Waals surface area contributed by atoms with Crippen LogP contribution in [0.3, 0.4) is 0 Å². The first-order valence-electron chi connectivity index (χ1n) is 4.91. The Balaban J connectivity index is 2.28. The highest BCUT2D eigenvalue weighted by Gasteiger charge is 2.09. The highest BCUT2D eigenvalue weighted by Crippen LogP contribution is 2.27. The second-order valence-corrected chi connectivity index (χ2v) is 4.78. The third kappa shape index (κ3) is 1.90. The van der Waals surface area contributed by atoms with E-state index in [1.54, 1.807) is 6.07 Å². The summed E-state index contributed by atoms with van der Waals surface area (Å²) in [4.78, 5) is 9.49. The third-order valence-electron chi connectivity index (χ3n) is 2.35. The molecule has 0 saturated carbocycles. The van der Waals surface area contributed by atoms with E-state index in [0.717, 1.165) is 4.88 Å². The van der Waals surface area contributed by atoms with E-state index < -0.39 is 0 Å². The van der Waals surface area contributed by atoms with Crippen molar-refractivity contribution in [2.75, 3.05) is 0 Å². The predicted molar refractivity (Wildman–Crippen MR) is 67.8 cm³/mol. The lowest BCUT2D eigenvalue weighted by atomic mass is 10.2. The molecule has 2 heterocycles. The SMILES string of the molecule is Fc1ccc2nc(-c3cccs3)nc(Cl)c2c1. The van der Waals surface area contributed by atoms with Crippen molar-refractivity contribution in [3.05, 3.63) is 46.7 Å². The van der Waals surface area contributed by atoms with Gasteiger partial charge in [0.25, 0.3) is 0 Å². The fourth-order valence-corrected chi connectivity index (χ4v) is 2.47. The average Bonchev–Trinajstić information content (AvgIpc) is 2.83. The van der Waals surface area contributed by atoms with E-state index in [0.29, 0.717) is 16.7 Å². The van der Waals surface area contributed by atoms with Crippen LogP contribution in [0.15, 0.2) is 35.7 Å². The van der Waals surface area contributed by atoms with Gasteiger partial charge in [0.05, 0.1) is 10.4 Å². The maximum Gasteiger partial charge on any atom is 0.171 e. The number of fused-ring (bicyclic) bond motifs is 1. The first kappa shape index (κ1) is 10.6. The normalized spacial score (nSPS) is 10.9. The van der Waals surface area contributed by atoms with E-state index in [4.69, 9.17) is 11.6 Å². The van der Waals surface area contributed by atoms with Gasteiger partial charge in [-0.25, -0.2) is 14.4 Å². The van der Waals surface area contributed by atoms with Gasteiger partial charge in [0.15, 0.2) is 5.82 Å². The Kier molecular flexibility index (Phi) is 2.53. The number of rotatable bonds is 1. The number of hydrogen-bond donors (Lipinski definition) is 0. The molecule has 0 spiro atoms. The second kappa shape index (κ2) is 4.05. The average molecular weight is 265 g/mol. The molecule has 5 heteroatoms. The Bertz CT molecular complexity index is 682. The smallest absolute Gasteiger partial charge is 0.171 e. The van der Waals surface area contributed by atoms with Gasteiger partial charge in [-0.1, -0.05) is 17.7 Å². The summed E-state index contributed by atoms with van der Waals surface area (Å²) in [5.41, 5.74) is 0.648. The minimum atomic E-state index is -0.341. The lowest BCUT2D eigenvalue weighted by molar-refractivity contribution is 0.629. The molecule has 0 aliphatic carbocycles. The van der Waals surface area contributed by atoms with Gasteiger partial charge in [0.1, 0.15) is 11.0 Å². The lowest BCUT2D eigenvalue weighted by Crippen LogP contribution is -1.90. The lowest BCUT2D eigenvalue weighted by Gasteiger charge is -2.02. The number of thiophene rings is 1. The molecule has 0 saturated heterocycles. The van der Waals surface area contributed by atoms with E-state index in [1.165, 1.54) is 23.5 Å². The quantitative estimate of drug-likeness (QED) is 0.617. The molecule has 0 aliphatic heterocycles. The van der Waals surface area contributed by atoms with Crippen LogP contribution in [0, 0.1) is 5.82 Å². The Morgan fingerprint density at radius 2 is 2.06 bits per heavy atom. The summed E-state index contributed by atoms with van der Waals surface area (Å²) < 4.78 is 13.1. The molecule has 0 fully saturated rings. The van der Waals surface area contributed by atoms with E-state index in [-0.39, 0.29) is 11.0 Å². The molecular weight excluding hydrogens is 259 g/mol. The van der Waals surface area contributed by atoms with Crippen molar-refractivity contribution >= 4 is 33.8 Å². The maximum absolute atomic E-state index is 13.1. The second-order valence-electron chi connectivity index (χ2n) is 3.48. The summed E-state index contributed by atoms with van der Waals surface area (Å²) in [5, 5.41) is 2.76. The van der Waals surface area contributed by atoms with Gasteiger partial charge >= 0.3 is 0 Å². The zero-order valence-electron chi connectivity index (χ0n) is 8.52. The summed E-state index contributed by atoms with van der Waals surface area (Å²) >= 11 is 7.58. The summed E-state index contributed by atoms with van der Waals surface area (Å²) in [5.74, 6) is 0.232. The molecular formula is C12H6ClFN2S. The highest BCUT2D eigenvalue weighted by molar-refractivity contribution is 7.13. The summed E-state index contributed by atoms with van der Waals surface area (Å²) in [6, 6.07) is 8.16. The van der Waals surface area contributed by atoms with Crippen LogP contribution in [-0.2, 0) is 0 Å². The zero-order valence-corrected chi connectivity index (χ0v) is 10.1. The van der Waals surface area contributed by atoms with Crippen LogP contribution in [0.2, 0.25) is 5.15 Å².